The minimum atomic E-state index is 0.319. The Balaban J connectivity index is 1.52. The zero-order chi connectivity index (χ0) is 13.1. The minimum absolute atomic E-state index is 0.319. The van der Waals surface area contributed by atoms with Crippen LogP contribution in [0.15, 0.2) is 28.9 Å². The average molecular weight is 373 g/mol. The fourth-order valence-corrected chi connectivity index (χ4v) is 2.65. The van der Waals surface area contributed by atoms with Crippen LogP contribution in [-0.4, -0.2) is 22.5 Å². The Morgan fingerprint density at radius 2 is 2.42 bits per heavy atom. The van der Waals surface area contributed by atoms with Gasteiger partial charge in [0.1, 0.15) is 5.76 Å². The van der Waals surface area contributed by atoms with Crippen molar-refractivity contribution in [1.29, 1.82) is 0 Å². The maximum Gasteiger partial charge on any atom is 0.164 e. The van der Waals surface area contributed by atoms with E-state index in [1.807, 2.05) is 29.2 Å². The quantitative estimate of drug-likeness (QED) is 0.819. The summed E-state index contributed by atoms with van der Waals surface area (Å²) in [6.07, 6.45) is 6.46. The molecule has 1 aliphatic heterocycles. The van der Waals surface area contributed by atoms with Crippen molar-refractivity contribution in [2.45, 2.75) is 32.0 Å². The third-order valence-electron chi connectivity index (χ3n) is 3.14. The Morgan fingerprint density at radius 3 is 3.16 bits per heavy atom. The lowest BCUT2D eigenvalue weighted by Crippen LogP contribution is -2.15. The van der Waals surface area contributed by atoms with Gasteiger partial charge in [-0.25, -0.2) is 0 Å². The molecule has 102 valence electrons. The van der Waals surface area contributed by atoms with E-state index < -0.39 is 0 Å². The van der Waals surface area contributed by atoms with Gasteiger partial charge in [0.05, 0.1) is 31.1 Å². The first-order chi connectivity index (χ1) is 9.29. The van der Waals surface area contributed by atoms with Crippen molar-refractivity contribution >= 4 is 28.3 Å². The molecule has 5 nitrogen and oxygen atoms in total. The van der Waals surface area contributed by atoms with E-state index in [2.05, 4.69) is 33.0 Å². The van der Waals surface area contributed by atoms with Crippen LogP contribution in [0, 0.1) is 3.77 Å². The van der Waals surface area contributed by atoms with Gasteiger partial charge in [0, 0.05) is 12.8 Å². The van der Waals surface area contributed by atoms with Crippen molar-refractivity contribution in [2.24, 2.45) is 0 Å². The van der Waals surface area contributed by atoms with E-state index in [4.69, 9.17) is 9.15 Å². The standard InChI is InChI=1S/C13H16IN3O2/c14-13-4-3-11(19-13)7-15-10-6-16-17(8-10)9-12-2-1-5-18-12/h3-4,6,8,12,15H,1-2,5,7,9H2. The van der Waals surface area contributed by atoms with Gasteiger partial charge in [-0.3, -0.25) is 4.68 Å². The molecule has 6 heteroatoms. The van der Waals surface area contributed by atoms with E-state index in [-0.39, 0.29) is 0 Å². The molecule has 3 heterocycles. The molecule has 1 fully saturated rings. The van der Waals surface area contributed by atoms with E-state index in [9.17, 15) is 0 Å². The molecular formula is C13H16IN3O2. The van der Waals surface area contributed by atoms with Gasteiger partial charge >= 0.3 is 0 Å². The molecule has 1 atom stereocenters. The lowest BCUT2D eigenvalue weighted by molar-refractivity contribution is 0.0940. The molecule has 0 saturated carbocycles. The van der Waals surface area contributed by atoms with Crippen LogP contribution >= 0.6 is 22.6 Å². The van der Waals surface area contributed by atoms with Gasteiger partial charge in [0.25, 0.3) is 0 Å². The van der Waals surface area contributed by atoms with Gasteiger partial charge in [-0.15, -0.1) is 0 Å². The highest BCUT2D eigenvalue weighted by atomic mass is 127. The Kier molecular flexibility index (Phi) is 4.07. The summed E-state index contributed by atoms with van der Waals surface area (Å²) >= 11 is 2.16. The first kappa shape index (κ1) is 13.0. The second kappa shape index (κ2) is 5.96. The number of ether oxygens (including phenoxy) is 1. The summed E-state index contributed by atoms with van der Waals surface area (Å²) in [7, 11) is 0. The second-order valence-electron chi connectivity index (χ2n) is 4.65. The highest BCUT2D eigenvalue weighted by Gasteiger charge is 2.16. The Hall–Kier alpha value is -1.02. The van der Waals surface area contributed by atoms with E-state index in [0.29, 0.717) is 12.6 Å². The number of furan rings is 1. The zero-order valence-electron chi connectivity index (χ0n) is 10.5. The van der Waals surface area contributed by atoms with Crippen molar-refractivity contribution in [3.8, 4) is 0 Å². The molecule has 19 heavy (non-hydrogen) atoms. The Bertz CT molecular complexity index is 531. The fourth-order valence-electron chi connectivity index (χ4n) is 2.19. The van der Waals surface area contributed by atoms with E-state index >= 15 is 0 Å². The zero-order valence-corrected chi connectivity index (χ0v) is 12.7. The lowest BCUT2D eigenvalue weighted by Gasteiger charge is -2.08. The van der Waals surface area contributed by atoms with Gasteiger partial charge in [-0.05, 0) is 47.6 Å². The first-order valence-corrected chi connectivity index (χ1v) is 7.49. The average Bonchev–Trinajstić information content (AvgIpc) is 3.10. The number of aromatic nitrogens is 2. The van der Waals surface area contributed by atoms with Crippen LogP contribution in [0.3, 0.4) is 0 Å². The molecule has 0 aliphatic carbocycles. The van der Waals surface area contributed by atoms with Crippen molar-refractivity contribution in [2.75, 3.05) is 11.9 Å². The molecule has 1 unspecified atom stereocenters. The topological polar surface area (TPSA) is 52.2 Å². The number of hydrogen-bond acceptors (Lipinski definition) is 4. The molecule has 1 saturated heterocycles. The Labute approximate surface area is 125 Å². The molecule has 0 spiro atoms. The number of halogens is 1. The molecule has 1 N–H and O–H groups in total. The summed E-state index contributed by atoms with van der Waals surface area (Å²) in [4.78, 5) is 0. The van der Waals surface area contributed by atoms with Crippen molar-refractivity contribution < 1.29 is 9.15 Å². The Morgan fingerprint density at radius 1 is 1.47 bits per heavy atom. The van der Waals surface area contributed by atoms with Gasteiger partial charge in [-0.1, -0.05) is 0 Å². The molecule has 0 amide bonds. The van der Waals surface area contributed by atoms with Crippen LogP contribution in [0.25, 0.3) is 0 Å². The number of hydrogen-bond donors (Lipinski definition) is 1. The molecule has 3 rings (SSSR count). The third kappa shape index (κ3) is 3.50. The SMILES string of the molecule is Ic1ccc(CNc2cnn(CC3CCCO3)c2)o1. The summed E-state index contributed by atoms with van der Waals surface area (Å²) in [6.45, 7) is 2.39. The monoisotopic (exact) mass is 373 g/mol. The number of nitrogens with one attached hydrogen (secondary N) is 1. The molecule has 0 bridgehead atoms. The van der Waals surface area contributed by atoms with Crippen molar-refractivity contribution in [3.63, 3.8) is 0 Å². The molecule has 2 aromatic rings. The lowest BCUT2D eigenvalue weighted by atomic mass is 10.2. The van der Waals surface area contributed by atoms with Gasteiger partial charge in [0.15, 0.2) is 3.77 Å². The maximum atomic E-state index is 5.60. The molecular weight excluding hydrogens is 357 g/mol. The van der Waals surface area contributed by atoms with Crippen LogP contribution in [0.5, 0.6) is 0 Å². The van der Waals surface area contributed by atoms with Crippen LogP contribution in [0.4, 0.5) is 5.69 Å². The summed E-state index contributed by atoms with van der Waals surface area (Å²) in [5, 5.41) is 7.64. The maximum absolute atomic E-state index is 5.60. The van der Waals surface area contributed by atoms with Crippen LogP contribution < -0.4 is 5.32 Å². The number of nitrogens with zero attached hydrogens (tertiary/aromatic N) is 2. The third-order valence-corrected chi connectivity index (χ3v) is 3.72. The number of rotatable bonds is 5. The normalized spacial score (nSPS) is 18.9. The minimum Gasteiger partial charge on any atom is -0.454 e. The largest absolute Gasteiger partial charge is 0.454 e. The van der Waals surface area contributed by atoms with Crippen molar-refractivity contribution in [1.82, 2.24) is 9.78 Å². The predicted molar refractivity (Wildman–Crippen MR) is 80.0 cm³/mol. The van der Waals surface area contributed by atoms with Crippen LogP contribution in [0.1, 0.15) is 18.6 Å². The highest BCUT2D eigenvalue weighted by molar-refractivity contribution is 14.1. The van der Waals surface area contributed by atoms with Crippen LogP contribution in [-0.2, 0) is 17.8 Å². The van der Waals surface area contributed by atoms with E-state index in [0.717, 1.165) is 41.2 Å². The molecule has 0 radical (unpaired) electrons. The van der Waals surface area contributed by atoms with Gasteiger partial charge in [0.2, 0.25) is 0 Å². The highest BCUT2D eigenvalue weighted by Crippen LogP contribution is 2.16. The number of anilines is 1. The van der Waals surface area contributed by atoms with E-state index in [1.165, 1.54) is 0 Å². The summed E-state index contributed by atoms with van der Waals surface area (Å²) < 4.78 is 13.9. The predicted octanol–water partition coefficient (Wildman–Crippen LogP) is 2.87. The van der Waals surface area contributed by atoms with Gasteiger partial charge in [-0.2, -0.15) is 5.10 Å². The summed E-state index contributed by atoms with van der Waals surface area (Å²) in [6, 6.07) is 3.93. The summed E-state index contributed by atoms with van der Waals surface area (Å²) in [5.74, 6) is 0.927. The van der Waals surface area contributed by atoms with Gasteiger partial charge < -0.3 is 14.5 Å². The molecule has 0 aromatic carbocycles. The fraction of sp³-hybridized carbons (Fsp3) is 0.462. The summed E-state index contributed by atoms with van der Waals surface area (Å²) in [5.41, 5.74) is 1.00. The van der Waals surface area contributed by atoms with E-state index in [1.54, 1.807) is 0 Å². The van der Waals surface area contributed by atoms with Crippen LogP contribution in [0.2, 0.25) is 0 Å². The second-order valence-corrected chi connectivity index (χ2v) is 5.71. The smallest absolute Gasteiger partial charge is 0.164 e. The molecule has 1 aliphatic rings. The van der Waals surface area contributed by atoms with Crippen molar-refractivity contribution in [3.05, 3.63) is 34.1 Å². The molecule has 2 aromatic heterocycles. The first-order valence-electron chi connectivity index (χ1n) is 6.42.